The van der Waals surface area contributed by atoms with Crippen molar-refractivity contribution in [2.75, 3.05) is 0 Å². The van der Waals surface area contributed by atoms with Crippen molar-refractivity contribution in [2.24, 2.45) is 0 Å². The van der Waals surface area contributed by atoms with Gasteiger partial charge >= 0.3 is 0 Å². The van der Waals surface area contributed by atoms with Gasteiger partial charge in [0.2, 0.25) is 5.24 Å². The molecule has 1 nitrogen and oxygen atoms in total. The van der Waals surface area contributed by atoms with Gasteiger partial charge in [-0.3, -0.25) is 4.79 Å². The quantitative estimate of drug-likeness (QED) is 0.432. The van der Waals surface area contributed by atoms with Crippen LogP contribution in [0.5, 0.6) is 0 Å². The minimum atomic E-state index is -0.352. The highest BCUT2D eigenvalue weighted by molar-refractivity contribution is 9.10. The Morgan fingerprint density at radius 3 is 2.17 bits per heavy atom. The predicted molar refractivity (Wildman–Crippen MR) is 29.2 cm³/mol. The van der Waals surface area contributed by atoms with E-state index in [9.17, 15) is 4.79 Å². The maximum atomic E-state index is 9.86. The summed E-state index contributed by atoms with van der Waals surface area (Å²) >= 11 is 7.88. The Morgan fingerprint density at radius 1 is 2.00 bits per heavy atom. The highest BCUT2D eigenvalue weighted by Gasteiger charge is 2.00. The highest BCUT2D eigenvalue weighted by atomic mass is 79.9. The predicted octanol–water partition coefficient (Wildman–Crippen LogP) is 1.54. The van der Waals surface area contributed by atoms with E-state index in [1.54, 1.807) is 6.92 Å². The van der Waals surface area contributed by atoms with E-state index < -0.39 is 0 Å². The fourth-order valence-corrected chi connectivity index (χ4v) is 0. The van der Waals surface area contributed by atoms with Gasteiger partial charge in [-0.15, -0.1) is 0 Å². The summed E-state index contributed by atoms with van der Waals surface area (Å²) in [5.41, 5.74) is 0. The Hall–Kier alpha value is 0.440. The summed E-state index contributed by atoms with van der Waals surface area (Å²) < 4.78 is 0. The van der Waals surface area contributed by atoms with Crippen molar-refractivity contribution in [3.63, 3.8) is 0 Å². The fraction of sp³-hybridized carbons (Fsp3) is 0.667. The molecule has 0 aliphatic heterocycles. The molecule has 0 aromatic rings. The van der Waals surface area contributed by atoms with Gasteiger partial charge in [0.1, 0.15) is 0 Å². The van der Waals surface area contributed by atoms with Crippen LogP contribution >= 0.6 is 27.5 Å². The summed E-state index contributed by atoms with van der Waals surface area (Å²) in [6.45, 7) is 1.68. The Kier molecular flexibility index (Phi) is 2.78. The van der Waals surface area contributed by atoms with Crippen molar-refractivity contribution in [1.29, 1.82) is 0 Å². The first kappa shape index (κ1) is 6.44. The zero-order chi connectivity index (χ0) is 5.15. The Bertz CT molecular complexity index is 61.8. The van der Waals surface area contributed by atoms with E-state index in [4.69, 9.17) is 11.6 Å². The minimum absolute atomic E-state index is 0.209. The molecule has 0 saturated heterocycles. The number of carbonyl (C=O) groups excluding carboxylic acids is 1. The average molecular weight is 171 g/mol. The van der Waals surface area contributed by atoms with E-state index in [0.29, 0.717) is 0 Å². The van der Waals surface area contributed by atoms with Crippen molar-refractivity contribution in [2.45, 2.75) is 11.8 Å². The number of alkyl halides is 1. The van der Waals surface area contributed by atoms with Gasteiger partial charge in [0, 0.05) is 0 Å². The molecule has 0 aliphatic rings. The SMILES string of the molecule is C[C@H](Br)C(=O)Cl. The van der Waals surface area contributed by atoms with Crippen LogP contribution in [0.4, 0.5) is 0 Å². The molecular formula is C3H4BrClO. The molecule has 0 heterocycles. The maximum absolute atomic E-state index is 9.86. The molecule has 0 spiro atoms. The van der Waals surface area contributed by atoms with Gasteiger partial charge in [-0.2, -0.15) is 0 Å². The summed E-state index contributed by atoms with van der Waals surface area (Å²) in [7, 11) is 0. The van der Waals surface area contributed by atoms with Gasteiger partial charge in [-0.25, -0.2) is 0 Å². The molecule has 0 fully saturated rings. The van der Waals surface area contributed by atoms with Crippen molar-refractivity contribution in [3.05, 3.63) is 0 Å². The molecule has 36 valence electrons. The van der Waals surface area contributed by atoms with Crippen LogP contribution < -0.4 is 0 Å². The first-order valence-corrected chi connectivity index (χ1v) is 2.77. The van der Waals surface area contributed by atoms with Crippen LogP contribution in [0.2, 0.25) is 0 Å². The van der Waals surface area contributed by atoms with E-state index in [1.807, 2.05) is 0 Å². The molecule has 0 radical (unpaired) electrons. The number of hydrogen-bond acceptors (Lipinski definition) is 1. The molecule has 0 aromatic heterocycles. The standard InChI is InChI=1S/C3H4BrClO/c1-2(4)3(5)6/h2H,1H3/t2-/m0/s1. The van der Waals surface area contributed by atoms with Gasteiger partial charge in [-0.1, -0.05) is 15.9 Å². The lowest BCUT2D eigenvalue weighted by Gasteiger charge is -1.85. The molecule has 6 heavy (non-hydrogen) atoms. The third kappa shape index (κ3) is 2.67. The van der Waals surface area contributed by atoms with Crippen LogP contribution in [0.1, 0.15) is 6.92 Å². The summed E-state index contributed by atoms with van der Waals surface area (Å²) in [5.74, 6) is 0. The molecule has 3 heteroatoms. The minimum Gasteiger partial charge on any atom is -0.280 e. The van der Waals surface area contributed by atoms with Gasteiger partial charge in [-0.05, 0) is 18.5 Å². The van der Waals surface area contributed by atoms with E-state index in [0.717, 1.165) is 0 Å². The molecule has 0 aromatic carbocycles. The van der Waals surface area contributed by atoms with Crippen molar-refractivity contribution in [1.82, 2.24) is 0 Å². The third-order valence-corrected chi connectivity index (χ3v) is 1.32. The Labute approximate surface area is 49.8 Å². The first-order valence-electron chi connectivity index (χ1n) is 1.48. The zero-order valence-electron chi connectivity index (χ0n) is 3.24. The Morgan fingerprint density at radius 2 is 2.17 bits per heavy atom. The number of rotatable bonds is 1. The van der Waals surface area contributed by atoms with Crippen molar-refractivity contribution in [3.8, 4) is 0 Å². The molecule has 1 atom stereocenters. The molecule has 0 aliphatic carbocycles. The summed E-state index contributed by atoms with van der Waals surface area (Å²) in [6, 6.07) is 0. The second kappa shape index (κ2) is 2.59. The molecule has 0 bridgehead atoms. The molecule has 0 unspecified atom stereocenters. The van der Waals surface area contributed by atoms with Crippen LogP contribution in [0, 0.1) is 0 Å². The largest absolute Gasteiger partial charge is 0.280 e. The zero-order valence-corrected chi connectivity index (χ0v) is 5.58. The van der Waals surface area contributed by atoms with Crippen LogP contribution in [-0.4, -0.2) is 10.1 Å². The number of hydrogen-bond donors (Lipinski definition) is 0. The molecular weight excluding hydrogens is 167 g/mol. The van der Waals surface area contributed by atoms with E-state index in [1.165, 1.54) is 0 Å². The molecule has 0 N–H and O–H groups in total. The topological polar surface area (TPSA) is 17.1 Å². The van der Waals surface area contributed by atoms with Crippen molar-refractivity contribution < 1.29 is 4.79 Å². The summed E-state index contributed by atoms with van der Waals surface area (Å²) in [5, 5.41) is -0.352. The average Bonchev–Trinajstić information content (AvgIpc) is 1.36. The molecule has 0 rings (SSSR count). The van der Waals surface area contributed by atoms with Gasteiger partial charge in [0.15, 0.2) is 0 Å². The van der Waals surface area contributed by atoms with E-state index >= 15 is 0 Å². The normalized spacial score (nSPS) is 13.8. The number of carbonyl (C=O) groups is 1. The first-order chi connectivity index (χ1) is 2.64. The van der Waals surface area contributed by atoms with Gasteiger partial charge in [0.05, 0.1) is 4.83 Å². The third-order valence-electron chi connectivity index (χ3n) is 0.313. The van der Waals surface area contributed by atoms with E-state index in [-0.39, 0.29) is 10.1 Å². The molecule has 0 saturated carbocycles. The fourth-order valence-electron chi connectivity index (χ4n) is 0. The number of halogens is 2. The second-order valence-electron chi connectivity index (χ2n) is 0.920. The maximum Gasteiger partial charge on any atom is 0.235 e. The second-order valence-corrected chi connectivity index (χ2v) is 2.67. The lowest BCUT2D eigenvalue weighted by atomic mass is 10.6. The summed E-state index contributed by atoms with van der Waals surface area (Å²) in [4.78, 5) is 9.65. The van der Waals surface area contributed by atoms with Crippen LogP contribution in [0.3, 0.4) is 0 Å². The highest BCUT2D eigenvalue weighted by Crippen LogP contribution is 2.00. The lowest BCUT2D eigenvalue weighted by Crippen LogP contribution is -1.98. The van der Waals surface area contributed by atoms with Crippen molar-refractivity contribution >= 4 is 32.8 Å². The lowest BCUT2D eigenvalue weighted by molar-refractivity contribution is -0.110. The molecule has 0 amide bonds. The van der Waals surface area contributed by atoms with Crippen LogP contribution in [-0.2, 0) is 4.79 Å². The smallest absolute Gasteiger partial charge is 0.235 e. The van der Waals surface area contributed by atoms with Crippen LogP contribution in [0.25, 0.3) is 0 Å². The van der Waals surface area contributed by atoms with Gasteiger partial charge < -0.3 is 0 Å². The van der Waals surface area contributed by atoms with E-state index in [2.05, 4.69) is 15.9 Å². The van der Waals surface area contributed by atoms with Crippen LogP contribution in [0.15, 0.2) is 0 Å². The summed E-state index contributed by atoms with van der Waals surface area (Å²) in [6.07, 6.45) is 0. The van der Waals surface area contributed by atoms with Gasteiger partial charge in [0.25, 0.3) is 0 Å². The monoisotopic (exact) mass is 170 g/mol. The Balaban J connectivity index is 3.26.